The molecule has 1 amide bonds. The van der Waals surface area contributed by atoms with E-state index in [2.05, 4.69) is 50.3 Å². The number of carbonyl (C=O) groups excluding carboxylic acids is 1. The van der Waals surface area contributed by atoms with Gasteiger partial charge < -0.3 is 5.32 Å². The summed E-state index contributed by atoms with van der Waals surface area (Å²) < 4.78 is 1.98. The number of carbonyl (C=O) groups is 1. The van der Waals surface area contributed by atoms with Gasteiger partial charge in [0.15, 0.2) is 11.0 Å². The number of hydrogen-bond acceptors (Lipinski definition) is 6. The van der Waals surface area contributed by atoms with Gasteiger partial charge in [0.05, 0.1) is 18.5 Å². The molecule has 7 nitrogen and oxygen atoms in total. The fourth-order valence-electron chi connectivity index (χ4n) is 3.78. The van der Waals surface area contributed by atoms with Crippen molar-refractivity contribution in [3.8, 4) is 5.69 Å². The highest BCUT2D eigenvalue weighted by atomic mass is 32.2. The van der Waals surface area contributed by atoms with Gasteiger partial charge >= 0.3 is 0 Å². The molecule has 0 aliphatic carbocycles. The SMILES string of the molecule is O=C(CSc1nnc(CNc2cccc3ccccc23)n1-c1ccccc1)N/N=C\c1ccccc1. The number of para-hydroxylation sites is 1. The Hall–Kier alpha value is -4.43. The van der Waals surface area contributed by atoms with Crippen molar-refractivity contribution in [3.63, 3.8) is 0 Å². The highest BCUT2D eigenvalue weighted by molar-refractivity contribution is 7.99. The van der Waals surface area contributed by atoms with Crippen LogP contribution in [0.1, 0.15) is 11.4 Å². The summed E-state index contributed by atoms with van der Waals surface area (Å²) in [5.74, 6) is 0.692. The van der Waals surface area contributed by atoms with Gasteiger partial charge in [0, 0.05) is 16.8 Å². The van der Waals surface area contributed by atoms with Crippen LogP contribution in [0.4, 0.5) is 5.69 Å². The topological polar surface area (TPSA) is 84.2 Å². The van der Waals surface area contributed by atoms with E-state index in [0.29, 0.717) is 11.7 Å². The van der Waals surface area contributed by atoms with Gasteiger partial charge in [0.2, 0.25) is 0 Å². The molecular weight excluding hydrogens is 468 g/mol. The molecule has 0 saturated heterocycles. The molecule has 0 radical (unpaired) electrons. The van der Waals surface area contributed by atoms with Crippen molar-refractivity contribution < 1.29 is 4.79 Å². The Labute approximate surface area is 213 Å². The van der Waals surface area contributed by atoms with E-state index in [4.69, 9.17) is 0 Å². The van der Waals surface area contributed by atoms with E-state index in [1.165, 1.54) is 17.1 Å². The fraction of sp³-hybridized carbons (Fsp3) is 0.0714. The second-order valence-electron chi connectivity index (χ2n) is 7.94. The normalized spacial score (nSPS) is 11.1. The van der Waals surface area contributed by atoms with Crippen molar-refractivity contribution in [2.45, 2.75) is 11.7 Å². The number of nitrogens with zero attached hydrogens (tertiary/aromatic N) is 4. The molecule has 0 spiro atoms. The molecule has 0 fully saturated rings. The van der Waals surface area contributed by atoms with Gasteiger partial charge in [-0.05, 0) is 29.1 Å². The monoisotopic (exact) mass is 492 g/mol. The standard InChI is InChI=1S/C28H24N6OS/c35-27(32-30-18-21-10-3-1-4-11-21)20-36-28-33-31-26(34(28)23-14-5-2-6-15-23)19-29-25-17-9-13-22-12-7-8-16-24(22)25/h1-18,29H,19-20H2,(H,32,35)/b30-18-. The summed E-state index contributed by atoms with van der Waals surface area (Å²) >= 11 is 1.32. The molecular formula is C28H24N6OS. The van der Waals surface area contributed by atoms with Crippen LogP contribution in [0.25, 0.3) is 16.5 Å². The maximum absolute atomic E-state index is 12.4. The van der Waals surface area contributed by atoms with Gasteiger partial charge in [-0.15, -0.1) is 10.2 Å². The Morgan fingerprint density at radius 1 is 0.861 bits per heavy atom. The summed E-state index contributed by atoms with van der Waals surface area (Å²) in [6, 6.07) is 33.9. The minimum absolute atomic E-state index is 0.161. The molecule has 36 heavy (non-hydrogen) atoms. The second kappa shape index (κ2) is 11.3. The molecule has 2 N–H and O–H groups in total. The zero-order chi connectivity index (χ0) is 24.6. The van der Waals surface area contributed by atoms with Gasteiger partial charge in [-0.3, -0.25) is 9.36 Å². The lowest BCUT2D eigenvalue weighted by atomic mass is 10.1. The van der Waals surface area contributed by atoms with E-state index in [9.17, 15) is 4.79 Å². The maximum atomic E-state index is 12.4. The van der Waals surface area contributed by atoms with E-state index in [0.717, 1.165) is 28.1 Å². The molecule has 178 valence electrons. The van der Waals surface area contributed by atoms with Crippen molar-refractivity contribution in [3.05, 3.63) is 115 Å². The Balaban J connectivity index is 1.30. The molecule has 0 atom stereocenters. The molecule has 0 unspecified atom stereocenters. The van der Waals surface area contributed by atoms with Crippen LogP contribution in [0, 0.1) is 0 Å². The summed E-state index contributed by atoms with van der Waals surface area (Å²) in [6.45, 7) is 0.476. The van der Waals surface area contributed by atoms with Crippen LogP contribution in [0.15, 0.2) is 113 Å². The molecule has 0 aliphatic rings. The van der Waals surface area contributed by atoms with Gasteiger partial charge in [-0.2, -0.15) is 5.10 Å². The quantitative estimate of drug-likeness (QED) is 0.166. The van der Waals surface area contributed by atoms with E-state index < -0.39 is 0 Å². The number of thioether (sulfide) groups is 1. The fourth-order valence-corrected chi connectivity index (χ4v) is 4.54. The lowest BCUT2D eigenvalue weighted by molar-refractivity contribution is -0.118. The van der Waals surface area contributed by atoms with E-state index >= 15 is 0 Å². The van der Waals surface area contributed by atoms with Crippen LogP contribution in [0.5, 0.6) is 0 Å². The van der Waals surface area contributed by atoms with Crippen LogP contribution in [-0.2, 0) is 11.3 Å². The van der Waals surface area contributed by atoms with E-state index in [-0.39, 0.29) is 11.7 Å². The number of amides is 1. The molecule has 5 rings (SSSR count). The van der Waals surface area contributed by atoms with Crippen molar-refractivity contribution in [1.82, 2.24) is 20.2 Å². The third-order valence-electron chi connectivity index (χ3n) is 5.48. The van der Waals surface area contributed by atoms with Crippen LogP contribution < -0.4 is 10.7 Å². The lowest BCUT2D eigenvalue weighted by Crippen LogP contribution is -2.20. The predicted octanol–water partition coefficient (Wildman–Crippen LogP) is 5.28. The number of nitrogens with one attached hydrogen (secondary N) is 2. The highest BCUT2D eigenvalue weighted by Gasteiger charge is 2.16. The number of benzene rings is 4. The predicted molar refractivity (Wildman–Crippen MR) is 146 cm³/mol. The van der Waals surface area contributed by atoms with E-state index in [1.807, 2.05) is 83.4 Å². The van der Waals surface area contributed by atoms with Crippen LogP contribution in [0.3, 0.4) is 0 Å². The Morgan fingerprint density at radius 2 is 1.58 bits per heavy atom. The number of hydrogen-bond donors (Lipinski definition) is 2. The van der Waals surface area contributed by atoms with Crippen molar-refractivity contribution >= 4 is 40.3 Å². The first-order valence-corrected chi connectivity index (χ1v) is 12.5. The molecule has 0 bridgehead atoms. The highest BCUT2D eigenvalue weighted by Crippen LogP contribution is 2.25. The number of aromatic nitrogens is 3. The van der Waals surface area contributed by atoms with Gasteiger partial charge in [0.25, 0.3) is 5.91 Å². The first kappa shape index (κ1) is 23.3. The molecule has 5 aromatic rings. The van der Waals surface area contributed by atoms with Crippen LogP contribution in [0.2, 0.25) is 0 Å². The maximum Gasteiger partial charge on any atom is 0.250 e. The lowest BCUT2D eigenvalue weighted by Gasteiger charge is -2.12. The van der Waals surface area contributed by atoms with Gasteiger partial charge in [0.1, 0.15) is 0 Å². The smallest absolute Gasteiger partial charge is 0.250 e. The summed E-state index contributed by atoms with van der Waals surface area (Å²) in [4.78, 5) is 12.4. The molecule has 1 aromatic heterocycles. The number of anilines is 1. The average Bonchev–Trinajstić information content (AvgIpc) is 3.34. The summed E-state index contributed by atoms with van der Waals surface area (Å²) in [5, 5.41) is 19.3. The van der Waals surface area contributed by atoms with Gasteiger partial charge in [-0.1, -0.05) is 96.7 Å². The third-order valence-corrected chi connectivity index (χ3v) is 6.41. The number of fused-ring (bicyclic) bond motifs is 1. The summed E-state index contributed by atoms with van der Waals surface area (Å²) in [5.41, 5.74) is 5.45. The Bertz CT molecular complexity index is 1480. The van der Waals surface area contributed by atoms with Crippen molar-refractivity contribution in [1.29, 1.82) is 0 Å². The summed E-state index contributed by atoms with van der Waals surface area (Å²) in [7, 11) is 0. The largest absolute Gasteiger partial charge is 0.377 e. The zero-order valence-electron chi connectivity index (χ0n) is 19.4. The minimum Gasteiger partial charge on any atom is -0.377 e. The molecule has 4 aromatic carbocycles. The molecule has 1 heterocycles. The number of rotatable bonds is 9. The third kappa shape index (κ3) is 5.61. The van der Waals surface area contributed by atoms with Gasteiger partial charge in [-0.25, -0.2) is 5.43 Å². The molecule has 0 saturated carbocycles. The van der Waals surface area contributed by atoms with E-state index in [1.54, 1.807) is 6.21 Å². The Kier molecular flexibility index (Phi) is 7.34. The number of hydrazone groups is 1. The average molecular weight is 493 g/mol. The van der Waals surface area contributed by atoms with Crippen LogP contribution >= 0.6 is 11.8 Å². The first-order valence-electron chi connectivity index (χ1n) is 11.5. The van der Waals surface area contributed by atoms with Crippen molar-refractivity contribution in [2.75, 3.05) is 11.1 Å². The Morgan fingerprint density at radius 3 is 2.42 bits per heavy atom. The molecule has 0 aliphatic heterocycles. The first-order chi connectivity index (χ1) is 17.8. The summed E-state index contributed by atoms with van der Waals surface area (Å²) in [6.07, 6.45) is 1.62. The minimum atomic E-state index is -0.217. The second-order valence-corrected chi connectivity index (χ2v) is 8.89. The van der Waals surface area contributed by atoms with Crippen molar-refractivity contribution in [2.24, 2.45) is 5.10 Å². The van der Waals surface area contributed by atoms with Crippen LogP contribution in [-0.4, -0.2) is 32.6 Å². The molecule has 8 heteroatoms. The zero-order valence-corrected chi connectivity index (χ0v) is 20.2.